The van der Waals surface area contributed by atoms with Crippen molar-refractivity contribution in [2.75, 3.05) is 13.1 Å². The molecule has 23 heavy (non-hydrogen) atoms. The van der Waals surface area contributed by atoms with Crippen LogP contribution in [0.15, 0.2) is 48.5 Å². The average Bonchev–Trinajstić information content (AvgIpc) is 2.98. The number of phenolic OH excluding ortho intramolecular Hbond substituents is 1. The highest BCUT2D eigenvalue weighted by molar-refractivity contribution is 5.79. The third kappa shape index (κ3) is 4.00. The van der Waals surface area contributed by atoms with E-state index in [0.29, 0.717) is 18.8 Å². The Hall–Kier alpha value is -2.56. The third-order valence-electron chi connectivity index (χ3n) is 3.88. The molecule has 1 N–H and O–H groups in total. The molecule has 1 aliphatic rings. The van der Waals surface area contributed by atoms with Gasteiger partial charge in [0, 0.05) is 13.0 Å². The van der Waals surface area contributed by atoms with Crippen LogP contribution in [-0.2, 0) is 11.2 Å². The molecule has 5 heteroatoms. The van der Waals surface area contributed by atoms with Crippen LogP contribution in [0, 0.1) is 5.82 Å². The molecule has 0 spiro atoms. The van der Waals surface area contributed by atoms with Crippen molar-refractivity contribution in [2.24, 2.45) is 0 Å². The Balaban J connectivity index is 1.54. The van der Waals surface area contributed by atoms with Gasteiger partial charge in [-0.1, -0.05) is 12.1 Å². The van der Waals surface area contributed by atoms with E-state index in [-0.39, 0.29) is 30.0 Å². The van der Waals surface area contributed by atoms with Gasteiger partial charge >= 0.3 is 0 Å². The first-order valence-electron chi connectivity index (χ1n) is 7.58. The summed E-state index contributed by atoms with van der Waals surface area (Å²) in [5.74, 6) is 0.486. The predicted molar refractivity (Wildman–Crippen MR) is 83.8 cm³/mol. The van der Waals surface area contributed by atoms with Crippen molar-refractivity contribution in [3.8, 4) is 11.5 Å². The van der Waals surface area contributed by atoms with E-state index in [0.717, 1.165) is 12.0 Å². The highest BCUT2D eigenvalue weighted by Gasteiger charge is 2.27. The third-order valence-corrected chi connectivity index (χ3v) is 3.88. The lowest BCUT2D eigenvalue weighted by atomic mass is 10.1. The number of amides is 1. The Morgan fingerprint density at radius 1 is 1.26 bits per heavy atom. The van der Waals surface area contributed by atoms with Gasteiger partial charge in [0.25, 0.3) is 0 Å². The van der Waals surface area contributed by atoms with E-state index in [1.54, 1.807) is 35.2 Å². The zero-order chi connectivity index (χ0) is 16.2. The molecule has 1 unspecified atom stereocenters. The second-order valence-electron chi connectivity index (χ2n) is 5.67. The Morgan fingerprint density at radius 3 is 2.78 bits per heavy atom. The zero-order valence-corrected chi connectivity index (χ0v) is 12.6. The molecular weight excluding hydrogens is 297 g/mol. The zero-order valence-electron chi connectivity index (χ0n) is 12.6. The van der Waals surface area contributed by atoms with E-state index in [1.807, 2.05) is 6.07 Å². The van der Waals surface area contributed by atoms with Crippen LogP contribution in [0.5, 0.6) is 11.5 Å². The predicted octanol–water partition coefficient (Wildman–Crippen LogP) is 2.75. The van der Waals surface area contributed by atoms with E-state index in [2.05, 4.69) is 0 Å². The lowest BCUT2D eigenvalue weighted by Crippen LogP contribution is -2.32. The summed E-state index contributed by atoms with van der Waals surface area (Å²) >= 11 is 0. The first kappa shape index (κ1) is 15.3. The number of hydrogen-bond acceptors (Lipinski definition) is 3. The maximum absolute atomic E-state index is 12.9. The second-order valence-corrected chi connectivity index (χ2v) is 5.67. The van der Waals surface area contributed by atoms with Gasteiger partial charge in [-0.25, -0.2) is 4.39 Å². The van der Waals surface area contributed by atoms with Gasteiger partial charge < -0.3 is 14.7 Å². The van der Waals surface area contributed by atoms with E-state index < -0.39 is 0 Å². The molecule has 1 aliphatic heterocycles. The highest BCUT2D eigenvalue weighted by Crippen LogP contribution is 2.20. The monoisotopic (exact) mass is 315 g/mol. The number of carbonyl (C=O) groups is 1. The van der Waals surface area contributed by atoms with Gasteiger partial charge in [0.15, 0.2) is 0 Å². The fourth-order valence-corrected chi connectivity index (χ4v) is 2.71. The first-order valence-corrected chi connectivity index (χ1v) is 7.58. The Morgan fingerprint density at radius 2 is 2.04 bits per heavy atom. The van der Waals surface area contributed by atoms with Gasteiger partial charge in [0.05, 0.1) is 13.0 Å². The molecule has 1 fully saturated rings. The molecule has 2 aromatic rings. The molecule has 3 rings (SSSR count). The van der Waals surface area contributed by atoms with Gasteiger partial charge in [-0.3, -0.25) is 4.79 Å². The van der Waals surface area contributed by atoms with Crippen molar-refractivity contribution in [1.29, 1.82) is 0 Å². The lowest BCUT2D eigenvalue weighted by Gasteiger charge is -2.17. The van der Waals surface area contributed by atoms with Crippen LogP contribution < -0.4 is 4.74 Å². The summed E-state index contributed by atoms with van der Waals surface area (Å²) in [7, 11) is 0. The van der Waals surface area contributed by atoms with Crippen LogP contribution in [0.4, 0.5) is 4.39 Å². The molecule has 1 amide bonds. The fourth-order valence-electron chi connectivity index (χ4n) is 2.71. The van der Waals surface area contributed by atoms with Gasteiger partial charge in [-0.2, -0.15) is 0 Å². The number of nitrogens with zero attached hydrogens (tertiary/aromatic N) is 1. The molecule has 2 aromatic carbocycles. The number of hydrogen-bond donors (Lipinski definition) is 1. The Labute approximate surface area is 134 Å². The first-order chi connectivity index (χ1) is 11.1. The molecule has 0 saturated carbocycles. The summed E-state index contributed by atoms with van der Waals surface area (Å²) in [5.41, 5.74) is 0.790. The summed E-state index contributed by atoms with van der Waals surface area (Å²) in [4.78, 5) is 14.1. The van der Waals surface area contributed by atoms with Crippen molar-refractivity contribution in [3.63, 3.8) is 0 Å². The number of rotatable bonds is 4. The standard InChI is InChI=1S/C18H18FNO3/c19-14-4-6-16(7-5-14)23-17-8-9-20(12-17)18(22)11-13-2-1-3-15(21)10-13/h1-7,10,17,21H,8-9,11-12H2. The highest BCUT2D eigenvalue weighted by atomic mass is 19.1. The second kappa shape index (κ2) is 6.69. The summed E-state index contributed by atoms with van der Waals surface area (Å²) in [6.07, 6.45) is 0.939. The fraction of sp³-hybridized carbons (Fsp3) is 0.278. The minimum Gasteiger partial charge on any atom is -0.508 e. The quantitative estimate of drug-likeness (QED) is 0.944. The van der Waals surface area contributed by atoms with E-state index in [9.17, 15) is 14.3 Å². The van der Waals surface area contributed by atoms with Crippen LogP contribution in [-0.4, -0.2) is 35.1 Å². The SMILES string of the molecule is O=C(Cc1cccc(O)c1)N1CCC(Oc2ccc(F)cc2)C1. The van der Waals surface area contributed by atoms with E-state index in [1.165, 1.54) is 12.1 Å². The van der Waals surface area contributed by atoms with Crippen molar-refractivity contribution in [1.82, 2.24) is 4.90 Å². The van der Waals surface area contributed by atoms with Crippen LogP contribution in [0.3, 0.4) is 0 Å². The number of phenols is 1. The number of likely N-dealkylation sites (tertiary alicyclic amines) is 1. The number of carbonyl (C=O) groups excluding carboxylic acids is 1. The molecule has 120 valence electrons. The van der Waals surface area contributed by atoms with Crippen LogP contribution in [0.2, 0.25) is 0 Å². The Kier molecular flexibility index (Phi) is 4.46. The van der Waals surface area contributed by atoms with Crippen molar-refractivity contribution < 1.29 is 19.0 Å². The van der Waals surface area contributed by atoms with Gasteiger partial charge in [0.1, 0.15) is 23.4 Å². The molecule has 1 atom stereocenters. The maximum atomic E-state index is 12.9. The minimum atomic E-state index is -0.299. The van der Waals surface area contributed by atoms with Crippen LogP contribution >= 0.6 is 0 Å². The van der Waals surface area contributed by atoms with E-state index in [4.69, 9.17) is 4.74 Å². The maximum Gasteiger partial charge on any atom is 0.227 e. The van der Waals surface area contributed by atoms with Crippen molar-refractivity contribution in [2.45, 2.75) is 18.9 Å². The van der Waals surface area contributed by atoms with E-state index >= 15 is 0 Å². The number of benzene rings is 2. The molecule has 0 aliphatic carbocycles. The smallest absolute Gasteiger partial charge is 0.227 e. The summed E-state index contributed by atoms with van der Waals surface area (Å²) < 4.78 is 18.7. The van der Waals surface area contributed by atoms with Gasteiger partial charge in [0.2, 0.25) is 5.91 Å². The molecule has 0 bridgehead atoms. The number of ether oxygens (including phenoxy) is 1. The summed E-state index contributed by atoms with van der Waals surface area (Å²) in [6, 6.07) is 12.6. The molecular formula is C18H18FNO3. The molecule has 4 nitrogen and oxygen atoms in total. The topological polar surface area (TPSA) is 49.8 Å². The molecule has 1 heterocycles. The number of aromatic hydroxyl groups is 1. The van der Waals surface area contributed by atoms with Crippen molar-refractivity contribution in [3.05, 3.63) is 59.9 Å². The molecule has 1 saturated heterocycles. The van der Waals surface area contributed by atoms with Crippen LogP contribution in [0.25, 0.3) is 0 Å². The summed E-state index contributed by atoms with van der Waals surface area (Å²) in [5, 5.41) is 9.45. The molecule has 0 radical (unpaired) electrons. The number of halogens is 1. The largest absolute Gasteiger partial charge is 0.508 e. The van der Waals surface area contributed by atoms with Gasteiger partial charge in [-0.05, 0) is 42.0 Å². The minimum absolute atomic E-state index is 0.0146. The normalized spacial score (nSPS) is 17.3. The molecule has 0 aromatic heterocycles. The van der Waals surface area contributed by atoms with Crippen LogP contribution in [0.1, 0.15) is 12.0 Å². The Bertz CT molecular complexity index is 687. The van der Waals surface area contributed by atoms with Gasteiger partial charge in [-0.15, -0.1) is 0 Å². The average molecular weight is 315 g/mol. The lowest BCUT2D eigenvalue weighted by molar-refractivity contribution is -0.129. The summed E-state index contributed by atoms with van der Waals surface area (Å²) in [6.45, 7) is 1.17. The van der Waals surface area contributed by atoms with Crippen molar-refractivity contribution >= 4 is 5.91 Å².